The normalized spacial score (nSPS) is 23.3. The zero-order chi connectivity index (χ0) is 39.9. The van der Waals surface area contributed by atoms with Gasteiger partial charge in [-0.15, -0.1) is 0 Å². The molecule has 3 aromatic carbocycles. The van der Waals surface area contributed by atoms with E-state index in [-0.39, 0.29) is 29.7 Å². The number of carboxylic acids is 1. The summed E-state index contributed by atoms with van der Waals surface area (Å²) < 4.78 is 42.2. The van der Waals surface area contributed by atoms with Gasteiger partial charge in [-0.1, -0.05) is 113 Å². The van der Waals surface area contributed by atoms with Crippen molar-refractivity contribution in [3.8, 4) is 22.7 Å². The molecule has 2 atom stereocenters. The van der Waals surface area contributed by atoms with Crippen LogP contribution in [0.25, 0.3) is 11.1 Å². The summed E-state index contributed by atoms with van der Waals surface area (Å²) >= 11 is 0. The maximum atomic E-state index is 14.9. The van der Waals surface area contributed by atoms with Gasteiger partial charge in [0.15, 0.2) is 0 Å². The topological polar surface area (TPSA) is 85.7 Å². The summed E-state index contributed by atoms with van der Waals surface area (Å²) in [7, 11) is -5.70. The van der Waals surface area contributed by atoms with Gasteiger partial charge in [0.1, 0.15) is 5.82 Å². The largest absolute Gasteiger partial charge is 0.481 e. The molecule has 0 radical (unpaired) electrons. The third-order valence-corrected chi connectivity index (χ3v) is 19.6. The molecule has 9 heteroatoms. The maximum absolute atomic E-state index is 14.9. The number of hydrogen-bond donors (Lipinski definition) is 1. The maximum Gasteiger partial charge on any atom is 0.305 e. The molecule has 1 unspecified atom stereocenters. The van der Waals surface area contributed by atoms with E-state index in [0.717, 1.165) is 69.9 Å². The minimum atomic E-state index is -3.84. The van der Waals surface area contributed by atoms with Crippen molar-refractivity contribution in [1.82, 2.24) is 4.98 Å². The zero-order valence-electron chi connectivity index (χ0n) is 33.6. The van der Waals surface area contributed by atoms with Crippen LogP contribution in [0, 0.1) is 35.2 Å². The molecule has 0 spiro atoms. The number of aromatic nitrogens is 1. The average Bonchev–Trinajstić information content (AvgIpc) is 3.15. The first kappa shape index (κ1) is 40.3. The summed E-state index contributed by atoms with van der Waals surface area (Å²) in [6.45, 7) is 10.6. The number of hydrogen-bond acceptors (Lipinski definition) is 5. The number of aliphatic carboxylic acids is 1. The standard InChI is InChI=1S/C47H55FNO5PSi/c1-32(2)45-41(42(36-17-19-37(48)20-18-36)27-43(49-45)47-28-33-23-34(29-47)25-35(24-33)30-47)21-22-55(52,53-6)31-38(26-44(50)51)54-56(46(3,4)5,39-13-9-7-10-14-39)40-15-11-8-12-16-40/h7-20,27,32-35,38H,23-26,28-31H2,1-6H3,(H,50,51)/t33?,34?,35?,38-,47?,55?/m0/s1. The van der Waals surface area contributed by atoms with E-state index < -0.39 is 32.8 Å². The van der Waals surface area contributed by atoms with E-state index in [4.69, 9.17) is 13.9 Å². The lowest BCUT2D eigenvalue weighted by Crippen LogP contribution is -2.68. The van der Waals surface area contributed by atoms with Crippen molar-refractivity contribution in [3.05, 3.63) is 114 Å². The lowest BCUT2D eigenvalue weighted by atomic mass is 9.48. The molecule has 0 amide bonds. The summed E-state index contributed by atoms with van der Waals surface area (Å²) in [4.78, 5) is 17.9. The Morgan fingerprint density at radius 1 is 0.929 bits per heavy atom. The van der Waals surface area contributed by atoms with Crippen LogP contribution in [0.4, 0.5) is 4.39 Å². The molecule has 1 heterocycles. The second-order valence-corrected chi connectivity index (χ2v) is 24.5. The Balaban J connectivity index is 1.33. The summed E-state index contributed by atoms with van der Waals surface area (Å²) in [6.07, 6.45) is 5.83. The molecule has 4 aliphatic carbocycles. The highest BCUT2D eigenvalue weighted by Crippen LogP contribution is 2.61. The van der Waals surface area contributed by atoms with Crippen LogP contribution in [-0.4, -0.2) is 43.8 Å². The molecule has 6 nitrogen and oxygen atoms in total. The first-order valence-electron chi connectivity index (χ1n) is 20.1. The van der Waals surface area contributed by atoms with Crippen LogP contribution in [-0.2, 0) is 23.7 Å². The minimum absolute atomic E-state index is 0.00692. The predicted molar refractivity (Wildman–Crippen MR) is 225 cm³/mol. The van der Waals surface area contributed by atoms with E-state index in [0.29, 0.717) is 5.56 Å². The first-order chi connectivity index (χ1) is 26.6. The van der Waals surface area contributed by atoms with Crippen LogP contribution in [0.2, 0.25) is 5.04 Å². The molecular formula is C47H55FNO5PSi. The van der Waals surface area contributed by atoms with Crippen LogP contribution in [0.15, 0.2) is 91.0 Å². The molecule has 1 aromatic heterocycles. The Kier molecular flexibility index (Phi) is 11.4. The second kappa shape index (κ2) is 15.8. The molecular weight excluding hydrogens is 737 g/mol. The van der Waals surface area contributed by atoms with Gasteiger partial charge < -0.3 is 14.1 Å². The van der Waals surface area contributed by atoms with Gasteiger partial charge in [-0.05, 0) is 107 Å². The SMILES string of the molecule is COP(=O)(C#Cc1c(-c2ccc(F)cc2)cc(C23CC4CC(CC(C4)C2)C3)nc1C(C)C)C[C@H](CC(=O)O)O[Si](c1ccccc1)(c1ccccc1)C(C)(C)C. The quantitative estimate of drug-likeness (QED) is 0.0874. The van der Waals surface area contributed by atoms with E-state index in [9.17, 15) is 18.9 Å². The molecule has 4 aliphatic rings. The Morgan fingerprint density at radius 2 is 1.46 bits per heavy atom. The third kappa shape index (κ3) is 7.98. The second-order valence-electron chi connectivity index (χ2n) is 18.0. The van der Waals surface area contributed by atoms with Crippen molar-refractivity contribution in [2.24, 2.45) is 17.8 Å². The molecule has 0 aliphatic heterocycles. The highest BCUT2D eigenvalue weighted by Gasteiger charge is 2.54. The number of nitrogens with zero attached hydrogens (tertiary/aromatic N) is 1. The van der Waals surface area contributed by atoms with Crippen LogP contribution in [0.3, 0.4) is 0 Å². The Morgan fingerprint density at radius 3 is 1.93 bits per heavy atom. The Labute approximate surface area is 333 Å². The Bertz CT molecular complexity index is 2080. The number of carbonyl (C=O) groups is 1. The van der Waals surface area contributed by atoms with Gasteiger partial charge in [0.25, 0.3) is 15.7 Å². The molecule has 4 aromatic rings. The molecule has 4 saturated carbocycles. The van der Waals surface area contributed by atoms with Crippen molar-refractivity contribution in [1.29, 1.82) is 0 Å². The smallest absolute Gasteiger partial charge is 0.305 e. The molecule has 1 N–H and O–H groups in total. The number of benzene rings is 3. The van der Waals surface area contributed by atoms with Crippen LogP contribution in [0.5, 0.6) is 0 Å². The summed E-state index contributed by atoms with van der Waals surface area (Å²) in [6, 6.07) is 28.6. The molecule has 4 bridgehead atoms. The fourth-order valence-corrected chi connectivity index (χ4v) is 16.7. The lowest BCUT2D eigenvalue weighted by molar-refractivity contribution is -0.138. The van der Waals surface area contributed by atoms with Crippen LogP contribution < -0.4 is 10.4 Å². The fraction of sp³-hybridized carbons (Fsp3) is 0.447. The first-order valence-corrected chi connectivity index (χ1v) is 23.9. The van der Waals surface area contributed by atoms with Crippen molar-refractivity contribution in [2.45, 2.75) is 102 Å². The van der Waals surface area contributed by atoms with Gasteiger partial charge in [-0.25, -0.2) is 4.39 Å². The number of rotatable bonds is 12. The van der Waals surface area contributed by atoms with Gasteiger partial charge in [-0.3, -0.25) is 14.3 Å². The minimum Gasteiger partial charge on any atom is -0.481 e. The highest BCUT2D eigenvalue weighted by molar-refractivity contribution is 7.64. The predicted octanol–water partition coefficient (Wildman–Crippen LogP) is 10.1. The molecule has 4 fully saturated rings. The zero-order valence-corrected chi connectivity index (χ0v) is 35.5. The van der Waals surface area contributed by atoms with Crippen molar-refractivity contribution in [3.63, 3.8) is 0 Å². The summed E-state index contributed by atoms with van der Waals surface area (Å²) in [5.74, 6) is 4.10. The number of carboxylic acid groups (broad SMARTS) is 1. The number of pyridine rings is 1. The van der Waals surface area contributed by atoms with E-state index in [1.54, 1.807) is 12.1 Å². The van der Waals surface area contributed by atoms with Gasteiger partial charge in [0, 0.05) is 23.8 Å². The van der Waals surface area contributed by atoms with Crippen molar-refractivity contribution >= 4 is 32.0 Å². The fourth-order valence-electron chi connectivity index (χ4n) is 10.5. The highest BCUT2D eigenvalue weighted by atomic mass is 31.2. The molecule has 8 rings (SSSR count). The lowest BCUT2D eigenvalue weighted by Gasteiger charge is -2.56. The van der Waals surface area contributed by atoms with E-state index >= 15 is 0 Å². The van der Waals surface area contributed by atoms with E-state index in [2.05, 4.69) is 52.3 Å². The Hall–Kier alpha value is -3.86. The van der Waals surface area contributed by atoms with Gasteiger partial charge in [0.05, 0.1) is 29.9 Å². The monoisotopic (exact) mass is 791 g/mol. The van der Waals surface area contributed by atoms with Crippen LogP contribution in [0.1, 0.15) is 102 Å². The molecule has 0 saturated heterocycles. The summed E-state index contributed by atoms with van der Waals surface area (Å²) in [5.41, 5.74) is 7.28. The van der Waals surface area contributed by atoms with Gasteiger partial charge in [0.2, 0.25) is 0 Å². The average molecular weight is 792 g/mol. The van der Waals surface area contributed by atoms with Gasteiger partial charge in [-0.2, -0.15) is 0 Å². The van der Waals surface area contributed by atoms with E-state index in [1.807, 2.05) is 60.7 Å². The van der Waals surface area contributed by atoms with Gasteiger partial charge >= 0.3 is 5.97 Å². The van der Waals surface area contributed by atoms with E-state index in [1.165, 1.54) is 38.5 Å². The van der Waals surface area contributed by atoms with Crippen LogP contribution >= 0.6 is 7.37 Å². The molecule has 294 valence electrons. The third-order valence-electron chi connectivity index (χ3n) is 12.6. The van der Waals surface area contributed by atoms with Crippen molar-refractivity contribution < 1.29 is 27.8 Å². The summed E-state index contributed by atoms with van der Waals surface area (Å²) in [5, 5.41) is 11.8. The van der Waals surface area contributed by atoms with Crippen molar-refractivity contribution in [2.75, 3.05) is 13.3 Å². The number of halogens is 1. The molecule has 56 heavy (non-hydrogen) atoms.